The van der Waals surface area contributed by atoms with Gasteiger partial charge in [0.15, 0.2) is 0 Å². The number of carbonyl (C=O) groups excluding carboxylic acids is 2. The van der Waals surface area contributed by atoms with Crippen LogP contribution in [0.4, 0.5) is 9.59 Å². The van der Waals surface area contributed by atoms with Gasteiger partial charge in [0.05, 0.1) is 12.1 Å². The second-order valence-corrected chi connectivity index (χ2v) is 7.79. The smallest absolute Gasteiger partial charge is 0.407 e. The Morgan fingerprint density at radius 3 is 1.36 bits per heavy atom. The van der Waals surface area contributed by atoms with E-state index >= 15 is 0 Å². The molecule has 2 amide bonds. The largest absolute Gasteiger partial charge is 0.444 e. The van der Waals surface area contributed by atoms with Crippen molar-refractivity contribution in [2.75, 3.05) is 0 Å². The Morgan fingerprint density at radius 1 is 0.773 bits per heavy atom. The summed E-state index contributed by atoms with van der Waals surface area (Å²) in [6.07, 6.45) is 2.78. The maximum absolute atomic E-state index is 11.9. The number of hydrogen-bond donors (Lipinski definition) is 2. The zero-order valence-corrected chi connectivity index (χ0v) is 14.6. The van der Waals surface area contributed by atoms with Gasteiger partial charge in [-0.3, -0.25) is 0 Å². The molecule has 0 saturated heterocycles. The van der Waals surface area contributed by atoms with E-state index in [4.69, 9.17) is 9.47 Å². The van der Waals surface area contributed by atoms with E-state index in [1.807, 2.05) is 41.5 Å². The van der Waals surface area contributed by atoms with Crippen LogP contribution in [0, 0.1) is 0 Å². The lowest BCUT2D eigenvalue weighted by Gasteiger charge is -2.33. The molecule has 0 radical (unpaired) electrons. The molecule has 6 nitrogen and oxygen atoms in total. The Morgan fingerprint density at radius 2 is 1.09 bits per heavy atom. The van der Waals surface area contributed by atoms with Crippen molar-refractivity contribution in [2.45, 2.75) is 90.5 Å². The molecule has 0 heterocycles. The first-order valence-corrected chi connectivity index (χ1v) is 7.95. The van der Waals surface area contributed by atoms with Gasteiger partial charge in [-0.15, -0.1) is 0 Å². The molecule has 1 fully saturated rings. The van der Waals surface area contributed by atoms with Gasteiger partial charge in [0.2, 0.25) is 0 Å². The fraction of sp³-hybridized carbons (Fsp3) is 0.875. The van der Waals surface area contributed by atoms with Crippen molar-refractivity contribution < 1.29 is 19.1 Å². The number of ether oxygens (including phenoxy) is 2. The van der Waals surface area contributed by atoms with Crippen LogP contribution in [-0.2, 0) is 9.47 Å². The van der Waals surface area contributed by atoms with Gasteiger partial charge >= 0.3 is 12.2 Å². The van der Waals surface area contributed by atoms with Crippen LogP contribution < -0.4 is 10.6 Å². The van der Waals surface area contributed by atoms with E-state index in [9.17, 15) is 9.59 Å². The van der Waals surface area contributed by atoms with Crippen LogP contribution in [0.15, 0.2) is 0 Å². The first-order chi connectivity index (χ1) is 9.96. The number of carbonyl (C=O) groups is 2. The normalized spacial score (nSPS) is 22.6. The average molecular weight is 314 g/mol. The average Bonchev–Trinajstić information content (AvgIpc) is 2.26. The minimum Gasteiger partial charge on any atom is -0.444 e. The number of hydrogen-bond acceptors (Lipinski definition) is 4. The van der Waals surface area contributed by atoms with Gasteiger partial charge in [0, 0.05) is 0 Å². The van der Waals surface area contributed by atoms with Crippen LogP contribution in [0.5, 0.6) is 0 Å². The molecular formula is C16H30N2O4. The standard InChI is InChI=1S/C16H30N2O4/c1-15(2,3)21-13(19)17-11-9-7-8-10-12(11)18-14(20)22-16(4,5)6/h11-12H,7-10H2,1-6H3,(H,17,19)(H,18,20)/t11-,12-/m1/s1. The number of rotatable bonds is 2. The molecule has 0 spiro atoms. The summed E-state index contributed by atoms with van der Waals surface area (Å²) in [7, 11) is 0. The maximum Gasteiger partial charge on any atom is 0.407 e. The van der Waals surface area contributed by atoms with Crippen molar-refractivity contribution in [3.63, 3.8) is 0 Å². The first kappa shape index (κ1) is 18.6. The van der Waals surface area contributed by atoms with Crippen LogP contribution in [0.1, 0.15) is 67.2 Å². The second-order valence-electron chi connectivity index (χ2n) is 7.79. The Bertz CT molecular complexity index is 358. The molecule has 1 rings (SSSR count). The summed E-state index contributed by atoms with van der Waals surface area (Å²) in [6.45, 7) is 10.9. The molecule has 0 aromatic carbocycles. The summed E-state index contributed by atoms with van der Waals surface area (Å²) in [5, 5.41) is 5.72. The van der Waals surface area contributed by atoms with Gasteiger partial charge in [-0.05, 0) is 54.4 Å². The fourth-order valence-electron chi connectivity index (χ4n) is 2.39. The Hall–Kier alpha value is -1.46. The van der Waals surface area contributed by atoms with Gasteiger partial charge in [-0.2, -0.15) is 0 Å². The fourth-order valence-corrected chi connectivity index (χ4v) is 2.39. The topological polar surface area (TPSA) is 76.7 Å². The molecule has 0 bridgehead atoms. The first-order valence-electron chi connectivity index (χ1n) is 7.95. The molecule has 0 unspecified atom stereocenters. The van der Waals surface area contributed by atoms with E-state index in [0.29, 0.717) is 0 Å². The van der Waals surface area contributed by atoms with Gasteiger partial charge in [-0.25, -0.2) is 9.59 Å². The minimum absolute atomic E-state index is 0.129. The minimum atomic E-state index is -0.535. The molecule has 1 saturated carbocycles. The molecule has 6 heteroatoms. The monoisotopic (exact) mass is 314 g/mol. The van der Waals surface area contributed by atoms with Crippen molar-refractivity contribution in [3.8, 4) is 0 Å². The zero-order valence-electron chi connectivity index (χ0n) is 14.6. The van der Waals surface area contributed by atoms with E-state index < -0.39 is 23.4 Å². The molecule has 2 atom stereocenters. The lowest BCUT2D eigenvalue weighted by molar-refractivity contribution is 0.0407. The summed E-state index contributed by atoms with van der Waals surface area (Å²) < 4.78 is 10.6. The van der Waals surface area contributed by atoms with Gasteiger partial charge in [0.25, 0.3) is 0 Å². The highest BCUT2D eigenvalue weighted by Gasteiger charge is 2.30. The van der Waals surface area contributed by atoms with Crippen molar-refractivity contribution in [2.24, 2.45) is 0 Å². The van der Waals surface area contributed by atoms with Crippen molar-refractivity contribution in [3.05, 3.63) is 0 Å². The molecule has 22 heavy (non-hydrogen) atoms. The highest BCUT2D eigenvalue weighted by Crippen LogP contribution is 2.20. The van der Waals surface area contributed by atoms with E-state index in [0.717, 1.165) is 25.7 Å². The molecule has 1 aliphatic carbocycles. The van der Waals surface area contributed by atoms with Crippen molar-refractivity contribution in [1.29, 1.82) is 0 Å². The predicted molar refractivity (Wildman–Crippen MR) is 84.8 cm³/mol. The van der Waals surface area contributed by atoms with Crippen LogP contribution in [0.25, 0.3) is 0 Å². The van der Waals surface area contributed by atoms with Gasteiger partial charge < -0.3 is 20.1 Å². The SMILES string of the molecule is CC(C)(C)OC(=O)N[C@@H]1CCCC[C@H]1NC(=O)OC(C)(C)C. The number of nitrogens with one attached hydrogen (secondary N) is 2. The maximum atomic E-state index is 11.9. The van der Waals surface area contributed by atoms with Gasteiger partial charge in [0.1, 0.15) is 11.2 Å². The zero-order chi connectivity index (χ0) is 17.0. The van der Waals surface area contributed by atoms with Crippen LogP contribution in [-0.4, -0.2) is 35.5 Å². The Kier molecular flexibility index (Phi) is 6.08. The molecule has 0 aliphatic heterocycles. The number of amides is 2. The van der Waals surface area contributed by atoms with Gasteiger partial charge in [-0.1, -0.05) is 12.8 Å². The quantitative estimate of drug-likeness (QED) is 0.819. The third-order valence-corrected chi connectivity index (χ3v) is 3.17. The summed E-state index contributed by atoms with van der Waals surface area (Å²) in [6, 6.07) is -0.257. The second kappa shape index (κ2) is 7.20. The lowest BCUT2D eigenvalue weighted by Crippen LogP contribution is -2.54. The Balaban J connectivity index is 2.56. The molecular weight excluding hydrogens is 284 g/mol. The summed E-state index contributed by atoms with van der Waals surface area (Å²) in [5.41, 5.74) is -1.07. The molecule has 128 valence electrons. The molecule has 0 aromatic heterocycles. The highest BCUT2D eigenvalue weighted by molar-refractivity contribution is 5.70. The molecule has 2 N–H and O–H groups in total. The molecule has 1 aliphatic rings. The number of alkyl carbamates (subject to hydrolysis) is 2. The lowest BCUT2D eigenvalue weighted by atomic mass is 9.90. The van der Waals surface area contributed by atoms with Crippen LogP contribution >= 0.6 is 0 Å². The van der Waals surface area contributed by atoms with Crippen molar-refractivity contribution >= 4 is 12.2 Å². The van der Waals surface area contributed by atoms with Crippen molar-refractivity contribution in [1.82, 2.24) is 10.6 Å². The third-order valence-electron chi connectivity index (χ3n) is 3.17. The van der Waals surface area contributed by atoms with Crippen LogP contribution in [0.3, 0.4) is 0 Å². The summed E-state index contributed by atoms with van der Waals surface area (Å²) >= 11 is 0. The summed E-state index contributed by atoms with van der Waals surface area (Å²) in [4.78, 5) is 23.8. The Labute approximate surface area is 133 Å². The van der Waals surface area contributed by atoms with E-state index in [1.165, 1.54) is 0 Å². The summed E-state index contributed by atoms with van der Waals surface area (Å²) in [5.74, 6) is 0. The van der Waals surface area contributed by atoms with E-state index in [1.54, 1.807) is 0 Å². The van der Waals surface area contributed by atoms with Crippen LogP contribution in [0.2, 0.25) is 0 Å². The third kappa shape index (κ3) is 7.52. The van der Waals surface area contributed by atoms with E-state index in [-0.39, 0.29) is 12.1 Å². The van der Waals surface area contributed by atoms with E-state index in [2.05, 4.69) is 10.6 Å². The highest BCUT2D eigenvalue weighted by atomic mass is 16.6. The predicted octanol–water partition coefficient (Wildman–Crippen LogP) is 3.35. The molecule has 0 aromatic rings.